The van der Waals surface area contributed by atoms with Gasteiger partial charge in [0, 0.05) is 18.2 Å². The van der Waals surface area contributed by atoms with Gasteiger partial charge in [0.1, 0.15) is 0 Å². The van der Waals surface area contributed by atoms with Crippen LogP contribution in [0.15, 0.2) is 0 Å². The van der Waals surface area contributed by atoms with E-state index in [9.17, 15) is 5.11 Å². The zero-order chi connectivity index (χ0) is 13.6. The molecule has 2 unspecified atom stereocenters. The van der Waals surface area contributed by atoms with Gasteiger partial charge in [0.25, 0.3) is 0 Å². The fourth-order valence-corrected chi connectivity index (χ4v) is 3.70. The minimum Gasteiger partial charge on any atom is -0.394 e. The molecule has 2 fully saturated rings. The highest BCUT2D eigenvalue weighted by molar-refractivity contribution is 4.95. The molecule has 0 aromatic rings. The predicted octanol–water partition coefficient (Wildman–Crippen LogP) is 3.01. The maximum Gasteiger partial charge on any atom is 0.0615 e. The van der Waals surface area contributed by atoms with Gasteiger partial charge < -0.3 is 15.2 Å². The molecule has 2 N–H and O–H groups in total. The predicted molar refractivity (Wildman–Crippen MR) is 78.3 cm³/mol. The maximum absolute atomic E-state index is 9.91. The largest absolute Gasteiger partial charge is 0.394 e. The Balaban J connectivity index is 1.92. The highest BCUT2D eigenvalue weighted by atomic mass is 16.5. The normalized spacial score (nSPS) is 34.1. The molecule has 0 aromatic heterocycles. The van der Waals surface area contributed by atoms with Crippen LogP contribution in [0.4, 0.5) is 0 Å². The summed E-state index contributed by atoms with van der Waals surface area (Å²) in [7, 11) is 0. The van der Waals surface area contributed by atoms with Crippen LogP contribution in [0.3, 0.4) is 0 Å². The Morgan fingerprint density at radius 2 is 1.95 bits per heavy atom. The summed E-state index contributed by atoms with van der Waals surface area (Å²) in [5.41, 5.74) is -0.0763. The van der Waals surface area contributed by atoms with Gasteiger partial charge in [0.2, 0.25) is 0 Å². The molecule has 112 valence electrons. The zero-order valence-corrected chi connectivity index (χ0v) is 12.5. The number of nitrogens with one attached hydrogen (secondary N) is 1. The second-order valence-corrected chi connectivity index (χ2v) is 6.51. The molecule has 1 heterocycles. The standard InChI is InChI=1S/C16H31NO2/c1-2-7-15-12-16(13-18,10-11-19-15)17-14-8-5-3-4-6-9-14/h14-15,17-18H,2-13H2,1H3. The third kappa shape index (κ3) is 4.44. The molecule has 2 atom stereocenters. The van der Waals surface area contributed by atoms with Crippen LogP contribution >= 0.6 is 0 Å². The molecule has 0 amide bonds. The lowest BCUT2D eigenvalue weighted by molar-refractivity contribution is -0.0520. The van der Waals surface area contributed by atoms with Crippen LogP contribution in [-0.2, 0) is 4.74 Å². The van der Waals surface area contributed by atoms with E-state index in [-0.39, 0.29) is 12.1 Å². The second-order valence-electron chi connectivity index (χ2n) is 6.51. The number of aliphatic hydroxyl groups excluding tert-OH is 1. The van der Waals surface area contributed by atoms with Crippen molar-refractivity contribution in [1.82, 2.24) is 5.32 Å². The Morgan fingerprint density at radius 1 is 1.21 bits per heavy atom. The fourth-order valence-electron chi connectivity index (χ4n) is 3.70. The van der Waals surface area contributed by atoms with Gasteiger partial charge in [-0.25, -0.2) is 0 Å². The molecule has 1 aliphatic heterocycles. The summed E-state index contributed by atoms with van der Waals surface area (Å²) in [5, 5.41) is 13.7. The lowest BCUT2D eigenvalue weighted by atomic mass is 9.84. The molecule has 1 aliphatic carbocycles. The summed E-state index contributed by atoms with van der Waals surface area (Å²) < 4.78 is 5.84. The highest BCUT2D eigenvalue weighted by Crippen LogP contribution is 2.29. The van der Waals surface area contributed by atoms with Crippen molar-refractivity contribution >= 4 is 0 Å². The Hall–Kier alpha value is -0.120. The van der Waals surface area contributed by atoms with Crippen molar-refractivity contribution in [2.24, 2.45) is 0 Å². The first-order chi connectivity index (χ1) is 9.28. The van der Waals surface area contributed by atoms with E-state index in [2.05, 4.69) is 12.2 Å². The summed E-state index contributed by atoms with van der Waals surface area (Å²) >= 11 is 0. The average molecular weight is 269 g/mol. The Bertz CT molecular complexity index is 249. The first kappa shape index (κ1) is 15.3. The molecule has 0 bridgehead atoms. The molecule has 3 nitrogen and oxygen atoms in total. The van der Waals surface area contributed by atoms with Crippen LogP contribution in [0.2, 0.25) is 0 Å². The van der Waals surface area contributed by atoms with Crippen LogP contribution in [0.25, 0.3) is 0 Å². The monoisotopic (exact) mass is 269 g/mol. The van der Waals surface area contributed by atoms with Crippen molar-refractivity contribution in [3.05, 3.63) is 0 Å². The number of rotatable bonds is 5. The number of hydrogen-bond donors (Lipinski definition) is 2. The van der Waals surface area contributed by atoms with E-state index in [1.54, 1.807) is 0 Å². The lowest BCUT2D eigenvalue weighted by Gasteiger charge is -2.43. The molecule has 2 aliphatic rings. The molecule has 0 aromatic carbocycles. The van der Waals surface area contributed by atoms with Crippen molar-refractivity contribution in [2.75, 3.05) is 13.2 Å². The molecular weight excluding hydrogens is 238 g/mol. The molecule has 1 saturated carbocycles. The van der Waals surface area contributed by atoms with Crippen molar-refractivity contribution < 1.29 is 9.84 Å². The minimum absolute atomic E-state index is 0.0763. The number of aliphatic hydroxyl groups is 1. The van der Waals surface area contributed by atoms with Gasteiger partial charge in [-0.2, -0.15) is 0 Å². The van der Waals surface area contributed by atoms with E-state index < -0.39 is 0 Å². The van der Waals surface area contributed by atoms with Gasteiger partial charge >= 0.3 is 0 Å². The third-order valence-electron chi connectivity index (χ3n) is 4.83. The molecule has 1 saturated heterocycles. The molecular formula is C16H31NO2. The van der Waals surface area contributed by atoms with Gasteiger partial charge in [-0.1, -0.05) is 39.0 Å². The molecule has 3 heteroatoms. The lowest BCUT2D eigenvalue weighted by Crippen LogP contribution is -2.57. The first-order valence-corrected chi connectivity index (χ1v) is 8.28. The maximum atomic E-state index is 9.91. The first-order valence-electron chi connectivity index (χ1n) is 8.28. The quantitative estimate of drug-likeness (QED) is 0.754. The van der Waals surface area contributed by atoms with E-state index in [0.29, 0.717) is 12.1 Å². The van der Waals surface area contributed by atoms with E-state index in [4.69, 9.17) is 4.74 Å². The zero-order valence-electron chi connectivity index (χ0n) is 12.5. The topological polar surface area (TPSA) is 41.5 Å². The Kier molecular flexibility index (Phi) is 6.11. The average Bonchev–Trinajstić information content (AvgIpc) is 2.68. The van der Waals surface area contributed by atoms with E-state index in [0.717, 1.165) is 32.3 Å². The number of hydrogen-bond acceptors (Lipinski definition) is 3. The Morgan fingerprint density at radius 3 is 2.58 bits per heavy atom. The van der Waals surface area contributed by atoms with Crippen molar-refractivity contribution in [2.45, 2.75) is 88.8 Å². The molecule has 19 heavy (non-hydrogen) atoms. The molecule has 0 radical (unpaired) electrons. The van der Waals surface area contributed by atoms with Gasteiger partial charge in [0.05, 0.1) is 12.7 Å². The second kappa shape index (κ2) is 7.61. The van der Waals surface area contributed by atoms with Crippen LogP contribution < -0.4 is 5.32 Å². The highest BCUT2D eigenvalue weighted by Gasteiger charge is 2.37. The van der Waals surface area contributed by atoms with Crippen molar-refractivity contribution in [3.8, 4) is 0 Å². The fraction of sp³-hybridized carbons (Fsp3) is 1.00. The number of ether oxygens (including phenoxy) is 1. The smallest absolute Gasteiger partial charge is 0.0615 e. The van der Waals surface area contributed by atoms with E-state index in [1.165, 1.54) is 38.5 Å². The van der Waals surface area contributed by atoms with Crippen LogP contribution in [0, 0.1) is 0 Å². The van der Waals surface area contributed by atoms with Crippen LogP contribution in [-0.4, -0.2) is 36.0 Å². The van der Waals surface area contributed by atoms with E-state index >= 15 is 0 Å². The third-order valence-corrected chi connectivity index (χ3v) is 4.83. The summed E-state index contributed by atoms with van der Waals surface area (Å²) in [6, 6.07) is 0.607. The molecule has 0 spiro atoms. The summed E-state index contributed by atoms with van der Waals surface area (Å²) in [5.74, 6) is 0. The molecule has 2 rings (SSSR count). The Labute approximate surface area is 118 Å². The van der Waals surface area contributed by atoms with Crippen molar-refractivity contribution in [1.29, 1.82) is 0 Å². The SMILES string of the molecule is CCCC1CC(CO)(NC2CCCCCC2)CCO1. The summed E-state index contributed by atoms with van der Waals surface area (Å²) in [4.78, 5) is 0. The van der Waals surface area contributed by atoms with Gasteiger partial charge in [-0.05, 0) is 32.1 Å². The summed E-state index contributed by atoms with van der Waals surface area (Å²) in [6.07, 6.45) is 12.6. The van der Waals surface area contributed by atoms with Gasteiger partial charge in [-0.15, -0.1) is 0 Å². The van der Waals surface area contributed by atoms with Crippen LogP contribution in [0.1, 0.15) is 71.1 Å². The van der Waals surface area contributed by atoms with Crippen molar-refractivity contribution in [3.63, 3.8) is 0 Å². The van der Waals surface area contributed by atoms with Crippen LogP contribution in [0.5, 0.6) is 0 Å². The van der Waals surface area contributed by atoms with Gasteiger partial charge in [-0.3, -0.25) is 0 Å². The summed E-state index contributed by atoms with van der Waals surface area (Å²) in [6.45, 7) is 3.26. The van der Waals surface area contributed by atoms with Gasteiger partial charge in [0.15, 0.2) is 0 Å². The van der Waals surface area contributed by atoms with E-state index in [1.807, 2.05) is 0 Å². The minimum atomic E-state index is -0.0763.